The van der Waals surface area contributed by atoms with Crippen molar-refractivity contribution in [2.75, 3.05) is 11.5 Å². The van der Waals surface area contributed by atoms with Gasteiger partial charge in [-0.15, -0.1) is 0 Å². The van der Waals surface area contributed by atoms with Gasteiger partial charge in [-0.1, -0.05) is 144 Å². The van der Waals surface area contributed by atoms with E-state index in [1.54, 1.807) is 0 Å². The highest BCUT2D eigenvalue weighted by Crippen LogP contribution is 2.25. The van der Waals surface area contributed by atoms with Gasteiger partial charge in [0.25, 0.3) is 0 Å². The molecule has 1 heterocycles. The highest BCUT2D eigenvalue weighted by atomic mass is 15.0. The number of nitrogens with two attached hydrogens (primary N) is 2. The van der Waals surface area contributed by atoms with Crippen molar-refractivity contribution in [1.29, 1.82) is 0 Å². The van der Waals surface area contributed by atoms with Crippen LogP contribution < -0.4 is 27.9 Å². The zero-order valence-corrected chi connectivity index (χ0v) is 24.6. The molecule has 6 heteroatoms. The molecule has 0 radical (unpaired) electrons. The van der Waals surface area contributed by atoms with Crippen LogP contribution in [0.3, 0.4) is 0 Å². The van der Waals surface area contributed by atoms with Crippen LogP contribution in [-0.4, -0.2) is 21.7 Å². The van der Waals surface area contributed by atoms with Crippen LogP contribution in [0, 0.1) is 0 Å². The molecule has 214 valence electrons. The van der Waals surface area contributed by atoms with Crippen molar-refractivity contribution in [3.8, 4) is 45.3 Å². The maximum atomic E-state index is 6.76. The van der Waals surface area contributed by atoms with Gasteiger partial charge in [0.2, 0.25) is 6.71 Å². The summed E-state index contributed by atoms with van der Waals surface area (Å²) in [6, 6.07) is 53.1. The Labute approximate surface area is 263 Å². The van der Waals surface area contributed by atoms with E-state index in [4.69, 9.17) is 26.4 Å². The second-order valence-corrected chi connectivity index (χ2v) is 11.0. The van der Waals surface area contributed by atoms with E-state index in [1.165, 1.54) is 0 Å². The van der Waals surface area contributed by atoms with E-state index < -0.39 is 0 Å². The lowest BCUT2D eigenvalue weighted by molar-refractivity contribution is 1.07. The number of hydrogen-bond acceptors (Lipinski definition) is 5. The van der Waals surface area contributed by atoms with Gasteiger partial charge in [-0.25, -0.2) is 15.0 Å². The van der Waals surface area contributed by atoms with Crippen LogP contribution in [0.1, 0.15) is 0 Å². The fourth-order valence-corrected chi connectivity index (χ4v) is 5.64. The molecule has 7 aromatic rings. The lowest BCUT2D eigenvalue weighted by Gasteiger charge is -2.19. The van der Waals surface area contributed by atoms with E-state index in [9.17, 15) is 0 Å². The highest BCUT2D eigenvalue weighted by Gasteiger charge is 2.25. The van der Waals surface area contributed by atoms with Crippen LogP contribution in [0.4, 0.5) is 11.4 Å². The summed E-state index contributed by atoms with van der Waals surface area (Å²) >= 11 is 0. The summed E-state index contributed by atoms with van der Waals surface area (Å²) in [5, 5.41) is 0. The first-order valence-corrected chi connectivity index (χ1v) is 14.9. The van der Waals surface area contributed by atoms with Crippen LogP contribution in [0.15, 0.2) is 158 Å². The van der Waals surface area contributed by atoms with Gasteiger partial charge in [0, 0.05) is 28.1 Å². The predicted octanol–water partition coefficient (Wildman–Crippen LogP) is 6.22. The zero-order valence-electron chi connectivity index (χ0n) is 24.6. The molecule has 0 saturated carbocycles. The smallest absolute Gasteiger partial charge is 0.243 e. The lowest BCUT2D eigenvalue weighted by atomic mass is 9.36. The number of rotatable bonds is 7. The fraction of sp³-hybridized carbons (Fsp3) is 0. The maximum absolute atomic E-state index is 6.76. The molecule has 5 nitrogen and oxygen atoms in total. The van der Waals surface area contributed by atoms with Gasteiger partial charge in [-0.05, 0) is 40.9 Å². The van der Waals surface area contributed by atoms with E-state index in [0.29, 0.717) is 23.2 Å². The second kappa shape index (κ2) is 12.3. The molecule has 4 N–H and O–H groups in total. The molecule has 7 rings (SSSR count). The van der Waals surface area contributed by atoms with Gasteiger partial charge < -0.3 is 11.5 Å². The quantitative estimate of drug-likeness (QED) is 0.173. The van der Waals surface area contributed by atoms with E-state index in [0.717, 1.165) is 49.9 Å². The molecule has 45 heavy (non-hydrogen) atoms. The molecular weight excluding hydrogens is 549 g/mol. The third-order valence-electron chi connectivity index (χ3n) is 7.98. The molecule has 0 aliphatic rings. The molecule has 0 bridgehead atoms. The third-order valence-corrected chi connectivity index (χ3v) is 7.98. The summed E-state index contributed by atoms with van der Waals surface area (Å²) in [4.78, 5) is 14.8. The summed E-state index contributed by atoms with van der Waals surface area (Å²) in [6.07, 6.45) is 0. The lowest BCUT2D eigenvalue weighted by Crippen LogP contribution is -2.52. The summed E-state index contributed by atoms with van der Waals surface area (Å²) in [6.45, 7) is -0.101. The fourth-order valence-electron chi connectivity index (χ4n) is 5.64. The maximum Gasteiger partial charge on any atom is 0.243 e. The summed E-state index contributed by atoms with van der Waals surface area (Å²) < 4.78 is 0. The number of nitrogen functional groups attached to an aromatic ring is 2. The molecule has 6 aromatic carbocycles. The number of benzene rings is 6. The molecular formula is C39H30BN5. The van der Waals surface area contributed by atoms with Gasteiger partial charge >= 0.3 is 0 Å². The number of hydrogen-bond donors (Lipinski definition) is 2. The van der Waals surface area contributed by atoms with Crippen molar-refractivity contribution in [2.24, 2.45) is 0 Å². The Morgan fingerprint density at radius 3 is 1.33 bits per heavy atom. The molecule has 0 aliphatic heterocycles. The molecule has 0 fully saturated rings. The molecule has 0 amide bonds. The van der Waals surface area contributed by atoms with E-state index in [-0.39, 0.29) is 6.71 Å². The molecule has 0 atom stereocenters. The van der Waals surface area contributed by atoms with Crippen molar-refractivity contribution in [1.82, 2.24) is 15.0 Å². The molecule has 0 spiro atoms. The van der Waals surface area contributed by atoms with Crippen LogP contribution in [-0.2, 0) is 0 Å². The van der Waals surface area contributed by atoms with Crippen molar-refractivity contribution >= 4 is 34.5 Å². The zero-order chi connectivity index (χ0) is 30.6. The summed E-state index contributed by atoms with van der Waals surface area (Å²) in [7, 11) is 0. The van der Waals surface area contributed by atoms with Crippen LogP contribution in [0.5, 0.6) is 0 Å². The van der Waals surface area contributed by atoms with Crippen molar-refractivity contribution in [2.45, 2.75) is 0 Å². The molecule has 0 saturated heterocycles. The Morgan fingerprint density at radius 2 is 0.800 bits per heavy atom. The van der Waals surface area contributed by atoms with Crippen molar-refractivity contribution in [3.05, 3.63) is 158 Å². The third kappa shape index (κ3) is 5.95. The van der Waals surface area contributed by atoms with Gasteiger partial charge in [-0.2, -0.15) is 0 Å². The normalized spacial score (nSPS) is 10.8. The Balaban J connectivity index is 1.35. The topological polar surface area (TPSA) is 90.7 Å². The van der Waals surface area contributed by atoms with E-state index in [2.05, 4.69) is 54.6 Å². The van der Waals surface area contributed by atoms with Crippen LogP contribution in [0.25, 0.3) is 45.3 Å². The van der Waals surface area contributed by atoms with Crippen molar-refractivity contribution in [3.63, 3.8) is 0 Å². The van der Waals surface area contributed by atoms with E-state index in [1.807, 2.05) is 103 Å². The van der Waals surface area contributed by atoms with Gasteiger partial charge in [0.05, 0.1) is 0 Å². The van der Waals surface area contributed by atoms with Gasteiger partial charge in [0.15, 0.2) is 17.5 Å². The predicted molar refractivity (Wildman–Crippen MR) is 188 cm³/mol. The SMILES string of the molecule is Nc1ccc(-c2ccc(B(c3ccccc3)c3cc(-c4nc(-c5ccccc5)nc(-c5ccccc5)n4)ccc3N)cc2)cc1. The number of nitrogens with zero attached hydrogens (tertiary/aromatic N) is 3. The first-order valence-electron chi connectivity index (χ1n) is 14.9. The van der Waals surface area contributed by atoms with Gasteiger partial charge in [-0.3, -0.25) is 0 Å². The Bertz CT molecular complexity index is 1990. The Morgan fingerprint density at radius 1 is 0.378 bits per heavy atom. The second-order valence-electron chi connectivity index (χ2n) is 11.0. The van der Waals surface area contributed by atoms with Crippen LogP contribution >= 0.6 is 0 Å². The number of aromatic nitrogens is 3. The summed E-state index contributed by atoms with van der Waals surface area (Å²) in [5.41, 5.74) is 22.4. The average molecular weight is 580 g/mol. The Hall–Kier alpha value is -6.01. The monoisotopic (exact) mass is 579 g/mol. The molecule has 0 unspecified atom stereocenters. The minimum absolute atomic E-state index is 0.101. The standard InChI is InChI=1S/C39H30BN5/c41-34-23-18-28(19-24-34)27-16-21-33(22-17-27)40(32-14-8-3-9-15-32)35-26-31(20-25-36(35)42)39-44-37(29-10-4-1-5-11-29)43-38(45-39)30-12-6-2-7-13-30/h1-26H,41-42H2. The minimum atomic E-state index is -0.101. The van der Waals surface area contributed by atoms with Gasteiger partial charge in [0.1, 0.15) is 0 Å². The Kier molecular flexibility index (Phi) is 7.61. The summed E-state index contributed by atoms with van der Waals surface area (Å²) in [5.74, 6) is 1.83. The average Bonchev–Trinajstić information content (AvgIpc) is 3.11. The first-order chi connectivity index (χ1) is 22.1. The molecule has 0 aliphatic carbocycles. The largest absolute Gasteiger partial charge is 0.399 e. The van der Waals surface area contributed by atoms with Crippen molar-refractivity contribution < 1.29 is 0 Å². The highest BCUT2D eigenvalue weighted by molar-refractivity contribution is 6.96. The molecule has 1 aromatic heterocycles. The van der Waals surface area contributed by atoms with E-state index >= 15 is 0 Å². The van der Waals surface area contributed by atoms with Crippen LogP contribution in [0.2, 0.25) is 0 Å². The minimum Gasteiger partial charge on any atom is -0.399 e. The number of anilines is 2. The first kappa shape index (κ1) is 27.8.